The number of anilines is 1. The van der Waals surface area contributed by atoms with Gasteiger partial charge in [0.25, 0.3) is 5.91 Å². The predicted molar refractivity (Wildman–Crippen MR) is 104 cm³/mol. The number of hydrogen-bond donors (Lipinski definition) is 1. The summed E-state index contributed by atoms with van der Waals surface area (Å²) >= 11 is 3.11. The summed E-state index contributed by atoms with van der Waals surface area (Å²) in [5, 5.41) is 4.49. The number of nitrogens with one attached hydrogen (secondary N) is 1. The van der Waals surface area contributed by atoms with E-state index in [0.717, 1.165) is 27.3 Å². The van der Waals surface area contributed by atoms with Crippen LogP contribution in [0.2, 0.25) is 0 Å². The number of aryl methyl sites for hydroxylation is 1. The van der Waals surface area contributed by atoms with Crippen molar-refractivity contribution in [1.82, 2.24) is 9.97 Å². The molecule has 4 nitrogen and oxygen atoms in total. The average Bonchev–Trinajstić information content (AvgIpc) is 3.22. The highest BCUT2D eigenvalue weighted by Gasteiger charge is 2.12. The Balaban J connectivity index is 1.46. The molecule has 1 amide bonds. The van der Waals surface area contributed by atoms with Gasteiger partial charge in [0, 0.05) is 23.2 Å². The number of hydrogen-bond acceptors (Lipinski definition) is 5. The fourth-order valence-corrected chi connectivity index (χ4v) is 4.20. The van der Waals surface area contributed by atoms with E-state index in [1.807, 2.05) is 54.7 Å². The SMILES string of the molecule is Cc1cnc(Cc2ccc(NC(=O)c3nc4ccccc4s3)cc2)s1. The van der Waals surface area contributed by atoms with E-state index in [-0.39, 0.29) is 5.91 Å². The molecule has 0 bridgehead atoms. The molecule has 0 aliphatic rings. The minimum atomic E-state index is -0.176. The van der Waals surface area contributed by atoms with Gasteiger partial charge in [-0.2, -0.15) is 0 Å². The molecule has 0 atom stereocenters. The van der Waals surface area contributed by atoms with E-state index in [1.165, 1.54) is 21.8 Å². The molecular formula is C19H15N3OS2. The van der Waals surface area contributed by atoms with E-state index in [1.54, 1.807) is 11.3 Å². The van der Waals surface area contributed by atoms with Crippen LogP contribution in [0.4, 0.5) is 5.69 Å². The second-order valence-electron chi connectivity index (χ2n) is 5.68. The zero-order valence-electron chi connectivity index (χ0n) is 13.5. The Hall–Kier alpha value is -2.57. The van der Waals surface area contributed by atoms with Gasteiger partial charge >= 0.3 is 0 Å². The van der Waals surface area contributed by atoms with Gasteiger partial charge in [-0.25, -0.2) is 9.97 Å². The van der Waals surface area contributed by atoms with Gasteiger partial charge in [0.1, 0.15) is 0 Å². The minimum Gasteiger partial charge on any atom is -0.320 e. The molecule has 0 saturated carbocycles. The van der Waals surface area contributed by atoms with Crippen LogP contribution in [0.1, 0.15) is 25.3 Å². The van der Waals surface area contributed by atoms with Gasteiger partial charge in [0.2, 0.25) is 0 Å². The van der Waals surface area contributed by atoms with Crippen LogP contribution in [0.5, 0.6) is 0 Å². The van der Waals surface area contributed by atoms with E-state index in [2.05, 4.69) is 22.2 Å². The quantitative estimate of drug-likeness (QED) is 0.559. The number of nitrogens with zero attached hydrogens (tertiary/aromatic N) is 2. The molecule has 25 heavy (non-hydrogen) atoms. The number of rotatable bonds is 4. The largest absolute Gasteiger partial charge is 0.320 e. The lowest BCUT2D eigenvalue weighted by molar-refractivity contribution is 0.102. The van der Waals surface area contributed by atoms with E-state index in [0.29, 0.717) is 5.01 Å². The monoisotopic (exact) mass is 365 g/mol. The zero-order chi connectivity index (χ0) is 17.2. The third-order valence-corrected chi connectivity index (χ3v) is 5.67. The van der Waals surface area contributed by atoms with Crippen molar-refractivity contribution in [2.24, 2.45) is 0 Å². The second-order valence-corrected chi connectivity index (χ2v) is 8.03. The van der Waals surface area contributed by atoms with Gasteiger partial charge < -0.3 is 5.32 Å². The lowest BCUT2D eigenvalue weighted by Gasteiger charge is -2.04. The predicted octanol–water partition coefficient (Wildman–Crippen LogP) is 4.90. The summed E-state index contributed by atoms with van der Waals surface area (Å²) < 4.78 is 1.02. The van der Waals surface area contributed by atoms with E-state index in [4.69, 9.17) is 0 Å². The topological polar surface area (TPSA) is 54.9 Å². The summed E-state index contributed by atoms with van der Waals surface area (Å²) in [4.78, 5) is 22.4. The lowest BCUT2D eigenvalue weighted by atomic mass is 10.1. The molecule has 0 radical (unpaired) electrons. The molecule has 6 heteroatoms. The first kappa shape index (κ1) is 15.9. The fourth-order valence-electron chi connectivity index (χ4n) is 2.52. The molecule has 0 unspecified atom stereocenters. The first-order valence-corrected chi connectivity index (χ1v) is 9.48. The molecule has 4 rings (SSSR count). The number of fused-ring (bicyclic) bond motifs is 1. The first-order valence-electron chi connectivity index (χ1n) is 7.84. The highest BCUT2D eigenvalue weighted by Crippen LogP contribution is 2.23. The van der Waals surface area contributed by atoms with Crippen molar-refractivity contribution in [2.75, 3.05) is 5.32 Å². The molecular weight excluding hydrogens is 350 g/mol. The maximum atomic E-state index is 12.4. The smallest absolute Gasteiger partial charge is 0.284 e. The molecule has 0 aliphatic heterocycles. The molecule has 2 aromatic heterocycles. The molecule has 0 fully saturated rings. The van der Waals surface area contributed by atoms with Gasteiger partial charge in [0.15, 0.2) is 5.01 Å². The third-order valence-electron chi connectivity index (χ3n) is 3.72. The van der Waals surface area contributed by atoms with Crippen LogP contribution >= 0.6 is 22.7 Å². The second kappa shape index (κ2) is 6.74. The Morgan fingerprint density at radius 3 is 2.60 bits per heavy atom. The normalized spacial score (nSPS) is 10.9. The van der Waals surface area contributed by atoms with E-state index >= 15 is 0 Å². The molecule has 2 aromatic carbocycles. The van der Waals surface area contributed by atoms with Crippen LogP contribution < -0.4 is 5.32 Å². The Morgan fingerprint density at radius 2 is 1.88 bits per heavy atom. The van der Waals surface area contributed by atoms with Gasteiger partial charge in [-0.15, -0.1) is 22.7 Å². The fraction of sp³-hybridized carbons (Fsp3) is 0.105. The Bertz CT molecular complexity index is 1000. The van der Waals surface area contributed by atoms with Gasteiger partial charge in [0.05, 0.1) is 15.2 Å². The van der Waals surface area contributed by atoms with Crippen LogP contribution in [0, 0.1) is 6.92 Å². The Morgan fingerprint density at radius 1 is 1.08 bits per heavy atom. The Labute approximate surface area is 153 Å². The summed E-state index contributed by atoms with van der Waals surface area (Å²) in [5.74, 6) is -0.176. The highest BCUT2D eigenvalue weighted by atomic mass is 32.1. The maximum Gasteiger partial charge on any atom is 0.284 e. The van der Waals surface area contributed by atoms with Crippen molar-refractivity contribution in [3.05, 3.63) is 75.2 Å². The van der Waals surface area contributed by atoms with Gasteiger partial charge in [-0.3, -0.25) is 4.79 Å². The van der Waals surface area contributed by atoms with Gasteiger partial charge in [-0.05, 0) is 36.8 Å². The molecule has 2 heterocycles. The molecule has 0 saturated heterocycles. The number of amides is 1. The first-order chi connectivity index (χ1) is 12.2. The van der Waals surface area contributed by atoms with Crippen LogP contribution in [0.25, 0.3) is 10.2 Å². The number of para-hydroxylation sites is 1. The number of carbonyl (C=O) groups is 1. The highest BCUT2D eigenvalue weighted by molar-refractivity contribution is 7.20. The molecule has 4 aromatic rings. The van der Waals surface area contributed by atoms with Crippen LogP contribution in [0.15, 0.2) is 54.7 Å². The van der Waals surface area contributed by atoms with E-state index < -0.39 is 0 Å². The third kappa shape index (κ3) is 3.60. The molecule has 0 aliphatic carbocycles. The summed E-state index contributed by atoms with van der Waals surface area (Å²) in [5.41, 5.74) is 2.79. The van der Waals surface area contributed by atoms with Crippen LogP contribution in [0.3, 0.4) is 0 Å². The molecule has 124 valence electrons. The maximum absolute atomic E-state index is 12.4. The van der Waals surface area contributed by atoms with Crippen molar-refractivity contribution >= 4 is 44.5 Å². The average molecular weight is 365 g/mol. The minimum absolute atomic E-state index is 0.176. The zero-order valence-corrected chi connectivity index (χ0v) is 15.2. The van der Waals surface area contributed by atoms with Crippen LogP contribution in [-0.4, -0.2) is 15.9 Å². The van der Waals surface area contributed by atoms with Crippen LogP contribution in [-0.2, 0) is 6.42 Å². The number of thiazole rings is 2. The van der Waals surface area contributed by atoms with Crippen molar-refractivity contribution in [2.45, 2.75) is 13.3 Å². The summed E-state index contributed by atoms with van der Waals surface area (Å²) in [6.45, 7) is 2.06. The summed E-state index contributed by atoms with van der Waals surface area (Å²) in [6, 6.07) is 15.6. The molecule has 0 spiro atoms. The number of aromatic nitrogens is 2. The number of benzene rings is 2. The number of carbonyl (C=O) groups excluding carboxylic acids is 1. The summed E-state index contributed by atoms with van der Waals surface area (Å²) in [7, 11) is 0. The van der Waals surface area contributed by atoms with Crippen molar-refractivity contribution in [1.29, 1.82) is 0 Å². The lowest BCUT2D eigenvalue weighted by Crippen LogP contribution is -2.11. The molecule has 1 N–H and O–H groups in total. The van der Waals surface area contributed by atoms with Gasteiger partial charge in [-0.1, -0.05) is 24.3 Å². The Kier molecular flexibility index (Phi) is 4.29. The standard InChI is InChI=1S/C19H15N3OS2/c1-12-11-20-17(24-12)10-13-6-8-14(9-7-13)21-18(23)19-22-15-4-2-3-5-16(15)25-19/h2-9,11H,10H2,1H3,(H,21,23). The van der Waals surface area contributed by atoms with Crippen molar-refractivity contribution in [3.8, 4) is 0 Å². The van der Waals surface area contributed by atoms with Crippen molar-refractivity contribution < 1.29 is 4.79 Å². The summed E-state index contributed by atoms with van der Waals surface area (Å²) in [6.07, 6.45) is 2.71. The van der Waals surface area contributed by atoms with E-state index in [9.17, 15) is 4.79 Å². The van der Waals surface area contributed by atoms with Crippen molar-refractivity contribution in [3.63, 3.8) is 0 Å².